The number of sulfonamides is 1. The van der Waals surface area contributed by atoms with Crippen LogP contribution >= 0.6 is 0 Å². The van der Waals surface area contributed by atoms with E-state index in [0.717, 1.165) is 31.0 Å². The number of nitrogens with zero attached hydrogens (tertiary/aromatic N) is 1. The molecule has 2 N–H and O–H groups in total. The van der Waals surface area contributed by atoms with Crippen molar-refractivity contribution in [3.05, 3.63) is 57.6 Å². The van der Waals surface area contributed by atoms with Gasteiger partial charge in [0, 0.05) is 17.8 Å². The second kappa shape index (κ2) is 7.05. The van der Waals surface area contributed by atoms with E-state index in [0.29, 0.717) is 0 Å². The third kappa shape index (κ3) is 3.86. The number of nitrogens with one attached hydrogen (secondary N) is 2. The molecule has 0 amide bonds. The molecule has 0 aromatic heterocycles. The predicted molar refractivity (Wildman–Crippen MR) is 100 cm³/mol. The van der Waals surface area contributed by atoms with E-state index in [-0.39, 0.29) is 22.3 Å². The van der Waals surface area contributed by atoms with E-state index in [2.05, 4.69) is 10.0 Å². The highest BCUT2D eigenvalue weighted by atomic mass is 32.2. The van der Waals surface area contributed by atoms with Crippen molar-refractivity contribution in [3.8, 4) is 0 Å². The Kier molecular flexibility index (Phi) is 4.97. The van der Waals surface area contributed by atoms with E-state index in [9.17, 15) is 18.5 Å². The van der Waals surface area contributed by atoms with Gasteiger partial charge in [-0.05, 0) is 68.5 Å². The van der Waals surface area contributed by atoms with Crippen molar-refractivity contribution < 1.29 is 13.3 Å². The van der Waals surface area contributed by atoms with Crippen LogP contribution in [0.25, 0.3) is 0 Å². The van der Waals surface area contributed by atoms with E-state index in [1.54, 1.807) is 13.8 Å². The lowest BCUT2D eigenvalue weighted by molar-refractivity contribution is -0.384. The molecule has 2 aromatic carbocycles. The lowest BCUT2D eigenvalue weighted by Gasteiger charge is -2.12. The largest absolute Gasteiger partial charge is 0.350 e. The summed E-state index contributed by atoms with van der Waals surface area (Å²) in [6.07, 6.45) is 3.19. The van der Waals surface area contributed by atoms with E-state index in [1.807, 2.05) is 18.2 Å². The van der Waals surface area contributed by atoms with Crippen molar-refractivity contribution in [1.82, 2.24) is 4.72 Å². The van der Waals surface area contributed by atoms with Crippen LogP contribution < -0.4 is 10.0 Å². The van der Waals surface area contributed by atoms with E-state index < -0.39 is 14.9 Å². The fraction of sp³-hybridized carbons (Fsp3) is 0.333. The van der Waals surface area contributed by atoms with Gasteiger partial charge in [-0.15, -0.1) is 0 Å². The quantitative estimate of drug-likeness (QED) is 0.594. The van der Waals surface area contributed by atoms with Gasteiger partial charge in [0.25, 0.3) is 5.69 Å². The molecular formula is C18H21N3O4S. The van der Waals surface area contributed by atoms with Gasteiger partial charge in [0.15, 0.2) is 0 Å². The normalized spacial score (nSPS) is 13.7. The second-order valence-corrected chi connectivity index (χ2v) is 8.39. The summed E-state index contributed by atoms with van der Waals surface area (Å²) in [5.74, 6) is 0. The number of aryl methyl sites for hydroxylation is 2. The number of rotatable bonds is 6. The third-order valence-electron chi connectivity index (χ3n) is 4.24. The molecule has 7 nitrogen and oxygen atoms in total. The molecule has 0 fully saturated rings. The summed E-state index contributed by atoms with van der Waals surface area (Å²) in [5, 5.41) is 14.5. The van der Waals surface area contributed by atoms with Gasteiger partial charge in [-0.25, -0.2) is 13.1 Å². The molecule has 1 aliphatic rings. The average Bonchev–Trinajstić information content (AvgIpc) is 3.01. The van der Waals surface area contributed by atoms with Crippen LogP contribution in [0.5, 0.6) is 0 Å². The monoisotopic (exact) mass is 375 g/mol. The highest BCUT2D eigenvalue weighted by Crippen LogP contribution is 2.32. The van der Waals surface area contributed by atoms with Crippen LogP contribution in [0.3, 0.4) is 0 Å². The van der Waals surface area contributed by atoms with Crippen LogP contribution in [0.4, 0.5) is 17.1 Å². The molecule has 26 heavy (non-hydrogen) atoms. The molecule has 0 bridgehead atoms. The molecule has 3 rings (SSSR count). The highest BCUT2D eigenvalue weighted by Gasteiger charge is 2.22. The number of hydrogen-bond acceptors (Lipinski definition) is 5. The molecule has 2 aromatic rings. The van der Waals surface area contributed by atoms with Gasteiger partial charge >= 0.3 is 0 Å². The molecule has 0 atom stereocenters. The summed E-state index contributed by atoms with van der Waals surface area (Å²) in [6.45, 7) is 3.38. The number of benzene rings is 2. The highest BCUT2D eigenvalue weighted by molar-refractivity contribution is 7.89. The van der Waals surface area contributed by atoms with Gasteiger partial charge in [-0.1, -0.05) is 6.07 Å². The van der Waals surface area contributed by atoms with Gasteiger partial charge < -0.3 is 5.32 Å². The molecule has 1 aliphatic carbocycles. The van der Waals surface area contributed by atoms with Crippen molar-refractivity contribution in [3.63, 3.8) is 0 Å². The maximum atomic E-state index is 12.3. The minimum atomic E-state index is -3.80. The van der Waals surface area contributed by atoms with Gasteiger partial charge in [0.05, 0.1) is 9.82 Å². The second-order valence-electron chi connectivity index (χ2n) is 6.67. The Hall–Kier alpha value is -2.45. The van der Waals surface area contributed by atoms with Crippen molar-refractivity contribution >= 4 is 27.1 Å². The Morgan fingerprint density at radius 2 is 1.81 bits per heavy atom. The summed E-state index contributed by atoms with van der Waals surface area (Å²) in [5.41, 5.74) is 3.29. The zero-order valence-electron chi connectivity index (χ0n) is 14.7. The number of nitro benzene ring substituents is 1. The Morgan fingerprint density at radius 3 is 2.50 bits per heavy atom. The summed E-state index contributed by atoms with van der Waals surface area (Å²) in [4.78, 5) is 10.7. The first-order valence-corrected chi connectivity index (χ1v) is 9.94. The van der Waals surface area contributed by atoms with Crippen LogP contribution in [0, 0.1) is 10.1 Å². The molecule has 0 spiro atoms. The lowest BCUT2D eigenvalue weighted by Crippen LogP contribution is -2.30. The number of nitro groups is 1. The minimum absolute atomic E-state index is 0.127. The first-order valence-electron chi connectivity index (χ1n) is 8.46. The van der Waals surface area contributed by atoms with Crippen molar-refractivity contribution in [1.29, 1.82) is 0 Å². The summed E-state index contributed by atoms with van der Waals surface area (Å²) in [7, 11) is -3.80. The predicted octanol–water partition coefficient (Wildman–Crippen LogP) is 3.51. The minimum Gasteiger partial charge on any atom is -0.350 e. The molecule has 0 unspecified atom stereocenters. The molecule has 0 saturated carbocycles. The molecule has 138 valence electrons. The molecule has 0 radical (unpaired) electrons. The van der Waals surface area contributed by atoms with Crippen LogP contribution in [0.15, 0.2) is 41.3 Å². The fourth-order valence-corrected chi connectivity index (χ4v) is 4.39. The van der Waals surface area contributed by atoms with Gasteiger partial charge in [-0.2, -0.15) is 0 Å². The molecule has 0 aliphatic heterocycles. The lowest BCUT2D eigenvalue weighted by atomic mass is 10.1. The van der Waals surface area contributed by atoms with Crippen LogP contribution in [-0.4, -0.2) is 19.4 Å². The zero-order chi connectivity index (χ0) is 18.9. The van der Waals surface area contributed by atoms with Crippen LogP contribution in [0.1, 0.15) is 31.4 Å². The molecular weight excluding hydrogens is 354 g/mol. The topological polar surface area (TPSA) is 101 Å². The van der Waals surface area contributed by atoms with Crippen molar-refractivity contribution in [2.45, 2.75) is 44.0 Å². The number of anilines is 2. The van der Waals surface area contributed by atoms with Crippen molar-refractivity contribution in [2.24, 2.45) is 0 Å². The molecule has 0 heterocycles. The van der Waals surface area contributed by atoms with Gasteiger partial charge in [0.2, 0.25) is 10.0 Å². The van der Waals surface area contributed by atoms with Gasteiger partial charge in [0.1, 0.15) is 5.69 Å². The number of hydrogen-bond donors (Lipinski definition) is 2. The third-order valence-corrected chi connectivity index (χ3v) is 5.90. The van der Waals surface area contributed by atoms with E-state index in [1.165, 1.54) is 23.3 Å². The Labute approximate surface area is 152 Å². The smallest absolute Gasteiger partial charge is 0.294 e. The molecule has 0 saturated heterocycles. The Balaban J connectivity index is 1.94. The summed E-state index contributed by atoms with van der Waals surface area (Å²) >= 11 is 0. The van der Waals surface area contributed by atoms with Crippen LogP contribution in [0.2, 0.25) is 0 Å². The summed E-state index contributed by atoms with van der Waals surface area (Å²) in [6, 6.07) is 9.49. The maximum Gasteiger partial charge on any atom is 0.294 e. The standard InChI is InChI=1S/C18H21N3O4S/c1-12(2)20-26(24,25)16-8-9-17(18(11-16)21(22)23)19-15-7-6-13-4-3-5-14(13)10-15/h6-12,19-20H,3-5H2,1-2H3. The Morgan fingerprint density at radius 1 is 1.08 bits per heavy atom. The van der Waals surface area contributed by atoms with E-state index in [4.69, 9.17) is 0 Å². The first-order chi connectivity index (χ1) is 12.3. The SMILES string of the molecule is CC(C)NS(=O)(=O)c1ccc(Nc2ccc3c(c2)CCC3)c([N+](=O)[O-])c1. The fourth-order valence-electron chi connectivity index (χ4n) is 3.12. The van der Waals surface area contributed by atoms with E-state index >= 15 is 0 Å². The Bertz CT molecular complexity index is 955. The van der Waals surface area contributed by atoms with Crippen LogP contribution in [-0.2, 0) is 22.9 Å². The summed E-state index contributed by atoms with van der Waals surface area (Å²) < 4.78 is 26.9. The first kappa shape index (κ1) is 18.3. The average molecular weight is 375 g/mol. The molecule has 8 heteroatoms. The maximum absolute atomic E-state index is 12.3. The zero-order valence-corrected chi connectivity index (χ0v) is 15.5. The van der Waals surface area contributed by atoms with Crippen molar-refractivity contribution in [2.75, 3.05) is 5.32 Å². The van der Waals surface area contributed by atoms with Gasteiger partial charge in [-0.3, -0.25) is 10.1 Å². The number of fused-ring (bicyclic) bond motifs is 1.